The monoisotopic (exact) mass is 445 g/mol. The molecule has 0 radical (unpaired) electrons. The largest absolute Gasteiger partial charge is 0.496 e. The summed E-state index contributed by atoms with van der Waals surface area (Å²) in [5.41, 5.74) is 2.21. The number of rotatable bonds is 8. The summed E-state index contributed by atoms with van der Waals surface area (Å²) in [5, 5.41) is 21.6. The standard InChI is InChI=1S/C24H35N3O3S/c1-5-25-22(26-16-23(3,28)19-8-13-31-15-19)27-17-24(9-11-30-12-10-24)20-14-18(2)6-7-21(20)29-4/h6-8,13-15,28H,5,9-12,16-17H2,1-4H3,(H2,25,26,27). The van der Waals surface area contributed by atoms with E-state index < -0.39 is 5.60 Å². The van der Waals surface area contributed by atoms with E-state index >= 15 is 0 Å². The van der Waals surface area contributed by atoms with Crippen molar-refractivity contribution in [3.8, 4) is 5.75 Å². The molecule has 1 fully saturated rings. The van der Waals surface area contributed by atoms with Crippen LogP contribution in [0.1, 0.15) is 43.4 Å². The molecule has 6 nitrogen and oxygen atoms in total. The number of aliphatic hydroxyl groups is 1. The van der Waals surface area contributed by atoms with Crippen LogP contribution in [-0.2, 0) is 15.8 Å². The van der Waals surface area contributed by atoms with Crippen LogP contribution in [0.2, 0.25) is 0 Å². The van der Waals surface area contributed by atoms with Crippen molar-refractivity contribution in [1.82, 2.24) is 10.6 Å². The Morgan fingerprint density at radius 3 is 2.71 bits per heavy atom. The molecule has 7 heteroatoms. The molecule has 2 aromatic rings. The zero-order valence-corrected chi connectivity index (χ0v) is 19.8. The molecule has 1 aliphatic heterocycles. The van der Waals surface area contributed by atoms with Gasteiger partial charge < -0.3 is 25.2 Å². The molecule has 1 aromatic heterocycles. The number of aliphatic imine (C=N–C) groups is 1. The number of ether oxygens (including phenoxy) is 2. The zero-order chi connectivity index (χ0) is 22.3. The van der Waals surface area contributed by atoms with E-state index in [0.717, 1.165) is 43.9 Å². The Kier molecular flexibility index (Phi) is 7.97. The average molecular weight is 446 g/mol. The highest BCUT2D eigenvalue weighted by atomic mass is 32.1. The molecule has 0 spiro atoms. The van der Waals surface area contributed by atoms with Crippen molar-refractivity contribution in [3.63, 3.8) is 0 Å². The quantitative estimate of drug-likeness (QED) is 0.428. The van der Waals surface area contributed by atoms with Gasteiger partial charge in [-0.2, -0.15) is 11.3 Å². The van der Waals surface area contributed by atoms with Crippen molar-refractivity contribution >= 4 is 17.3 Å². The number of nitrogens with zero attached hydrogens (tertiary/aromatic N) is 1. The van der Waals surface area contributed by atoms with Crippen LogP contribution in [0, 0.1) is 6.92 Å². The second-order valence-corrected chi connectivity index (χ2v) is 9.21. The molecular formula is C24H35N3O3S. The van der Waals surface area contributed by atoms with Gasteiger partial charge in [-0.1, -0.05) is 17.7 Å². The molecule has 0 amide bonds. The molecular weight excluding hydrogens is 410 g/mol. The number of guanidine groups is 1. The zero-order valence-electron chi connectivity index (χ0n) is 19.0. The minimum atomic E-state index is -1.00. The first-order valence-corrected chi connectivity index (χ1v) is 11.8. The SMILES string of the molecule is CCNC(=NCC(C)(O)c1ccsc1)NCC1(c2cc(C)ccc2OC)CCOCC1. The van der Waals surface area contributed by atoms with Crippen molar-refractivity contribution < 1.29 is 14.6 Å². The number of hydrogen-bond acceptors (Lipinski definition) is 5. The minimum absolute atomic E-state index is 0.109. The Labute approximate surface area is 189 Å². The van der Waals surface area contributed by atoms with E-state index in [1.165, 1.54) is 11.1 Å². The summed E-state index contributed by atoms with van der Waals surface area (Å²) in [6, 6.07) is 8.32. The summed E-state index contributed by atoms with van der Waals surface area (Å²) >= 11 is 1.58. The highest BCUT2D eigenvalue weighted by molar-refractivity contribution is 7.08. The summed E-state index contributed by atoms with van der Waals surface area (Å²) in [4.78, 5) is 4.70. The van der Waals surface area contributed by atoms with Gasteiger partial charge in [0.05, 0.1) is 13.7 Å². The number of hydrogen-bond donors (Lipinski definition) is 3. The molecule has 1 aromatic carbocycles. The Hall–Kier alpha value is -2.09. The van der Waals surface area contributed by atoms with E-state index in [4.69, 9.17) is 14.5 Å². The summed E-state index contributed by atoms with van der Waals surface area (Å²) in [6.07, 6.45) is 1.82. The maximum Gasteiger partial charge on any atom is 0.191 e. The van der Waals surface area contributed by atoms with Gasteiger partial charge in [-0.3, -0.25) is 0 Å². The maximum absolute atomic E-state index is 10.8. The lowest BCUT2D eigenvalue weighted by molar-refractivity contribution is 0.0504. The number of nitrogens with one attached hydrogen (secondary N) is 2. The highest BCUT2D eigenvalue weighted by Crippen LogP contribution is 2.40. The Morgan fingerprint density at radius 2 is 2.06 bits per heavy atom. The lowest BCUT2D eigenvalue weighted by Crippen LogP contribution is -2.48. The molecule has 0 bridgehead atoms. The molecule has 1 unspecified atom stereocenters. The van der Waals surface area contributed by atoms with E-state index in [1.54, 1.807) is 25.4 Å². The van der Waals surface area contributed by atoms with E-state index in [1.807, 2.05) is 23.8 Å². The first-order chi connectivity index (χ1) is 14.9. The summed E-state index contributed by atoms with van der Waals surface area (Å²) in [5.74, 6) is 1.62. The van der Waals surface area contributed by atoms with Crippen molar-refractivity contribution in [1.29, 1.82) is 0 Å². The summed E-state index contributed by atoms with van der Waals surface area (Å²) in [7, 11) is 1.73. The number of aryl methyl sites for hydroxylation is 1. The first-order valence-electron chi connectivity index (χ1n) is 10.9. The van der Waals surface area contributed by atoms with Gasteiger partial charge in [0.1, 0.15) is 11.4 Å². The molecule has 1 saturated heterocycles. The molecule has 170 valence electrons. The second kappa shape index (κ2) is 10.5. The van der Waals surface area contributed by atoms with Gasteiger partial charge in [-0.15, -0.1) is 0 Å². The van der Waals surface area contributed by atoms with Crippen LogP contribution in [0.4, 0.5) is 0 Å². The topological polar surface area (TPSA) is 75.1 Å². The van der Waals surface area contributed by atoms with Crippen molar-refractivity contribution in [2.75, 3.05) is 40.0 Å². The number of methoxy groups -OCH3 is 1. The lowest BCUT2D eigenvalue weighted by atomic mass is 9.73. The maximum atomic E-state index is 10.8. The molecule has 3 N–H and O–H groups in total. The van der Waals surface area contributed by atoms with Crippen LogP contribution in [0.3, 0.4) is 0 Å². The smallest absolute Gasteiger partial charge is 0.191 e. The predicted molar refractivity (Wildman–Crippen MR) is 127 cm³/mol. The molecule has 0 saturated carbocycles. The lowest BCUT2D eigenvalue weighted by Gasteiger charge is -2.39. The van der Waals surface area contributed by atoms with Crippen LogP contribution in [0.25, 0.3) is 0 Å². The van der Waals surface area contributed by atoms with E-state index in [-0.39, 0.29) is 12.0 Å². The van der Waals surface area contributed by atoms with E-state index in [0.29, 0.717) is 12.5 Å². The molecule has 0 aliphatic carbocycles. The van der Waals surface area contributed by atoms with Crippen molar-refractivity contribution in [2.45, 2.75) is 44.6 Å². The normalized spacial score (nSPS) is 18.3. The highest BCUT2D eigenvalue weighted by Gasteiger charge is 2.37. The fourth-order valence-electron chi connectivity index (χ4n) is 4.03. The molecule has 3 rings (SSSR count). The second-order valence-electron chi connectivity index (χ2n) is 8.43. The van der Waals surface area contributed by atoms with Crippen LogP contribution < -0.4 is 15.4 Å². The van der Waals surface area contributed by atoms with Crippen LogP contribution in [0.15, 0.2) is 40.0 Å². The van der Waals surface area contributed by atoms with E-state index in [9.17, 15) is 5.11 Å². The fraction of sp³-hybridized carbons (Fsp3) is 0.542. The molecule has 1 atom stereocenters. The van der Waals surface area contributed by atoms with Gasteiger partial charge in [-0.05, 0) is 62.1 Å². The van der Waals surface area contributed by atoms with E-state index in [2.05, 4.69) is 35.8 Å². The summed E-state index contributed by atoms with van der Waals surface area (Å²) in [6.45, 7) is 9.14. The van der Waals surface area contributed by atoms with Crippen LogP contribution in [0.5, 0.6) is 5.75 Å². The van der Waals surface area contributed by atoms with Crippen molar-refractivity contribution in [3.05, 3.63) is 51.7 Å². The number of benzene rings is 1. The predicted octanol–water partition coefficient (Wildman–Crippen LogP) is 3.58. The Bertz CT molecular complexity index is 859. The third kappa shape index (κ3) is 5.79. The first kappa shape index (κ1) is 23.6. The minimum Gasteiger partial charge on any atom is -0.496 e. The fourth-order valence-corrected chi connectivity index (χ4v) is 4.81. The van der Waals surface area contributed by atoms with Gasteiger partial charge in [0.15, 0.2) is 5.96 Å². The van der Waals surface area contributed by atoms with Gasteiger partial charge in [0.2, 0.25) is 0 Å². The molecule has 31 heavy (non-hydrogen) atoms. The van der Waals surface area contributed by atoms with Gasteiger partial charge >= 0.3 is 0 Å². The van der Waals surface area contributed by atoms with Crippen molar-refractivity contribution in [2.24, 2.45) is 4.99 Å². The Balaban J connectivity index is 1.81. The number of thiophene rings is 1. The van der Waals surface area contributed by atoms with Crippen LogP contribution in [-0.4, -0.2) is 51.0 Å². The van der Waals surface area contributed by atoms with Gasteiger partial charge in [0, 0.05) is 37.3 Å². The molecule has 1 aliphatic rings. The third-order valence-electron chi connectivity index (χ3n) is 6.00. The van der Waals surface area contributed by atoms with Gasteiger partial charge in [0.25, 0.3) is 0 Å². The summed E-state index contributed by atoms with van der Waals surface area (Å²) < 4.78 is 11.4. The third-order valence-corrected chi connectivity index (χ3v) is 6.69. The van der Waals surface area contributed by atoms with Gasteiger partial charge in [-0.25, -0.2) is 4.99 Å². The average Bonchev–Trinajstić information content (AvgIpc) is 3.32. The Morgan fingerprint density at radius 1 is 1.29 bits per heavy atom. The van der Waals surface area contributed by atoms with Crippen LogP contribution >= 0.6 is 11.3 Å². The molecule has 2 heterocycles.